The first-order valence-electron chi connectivity index (χ1n) is 10.3. The maximum atomic E-state index is 15.0. The molecular formula is C23H24FN5O4. The van der Waals surface area contributed by atoms with E-state index in [-0.39, 0.29) is 29.6 Å². The minimum atomic E-state index is -0.904. The van der Waals surface area contributed by atoms with Crippen LogP contribution >= 0.6 is 0 Å². The molecule has 0 aliphatic carbocycles. The van der Waals surface area contributed by atoms with Gasteiger partial charge in [0, 0.05) is 24.4 Å². The average molecular weight is 453 g/mol. The first kappa shape index (κ1) is 22.3. The number of halogens is 1. The molecule has 2 heterocycles. The van der Waals surface area contributed by atoms with Crippen molar-refractivity contribution in [3.05, 3.63) is 54.5 Å². The molecule has 4 rings (SSSR count). The van der Waals surface area contributed by atoms with Gasteiger partial charge >= 0.3 is 0 Å². The third kappa shape index (κ3) is 5.29. The lowest BCUT2D eigenvalue weighted by Gasteiger charge is -2.26. The Morgan fingerprint density at radius 1 is 1.27 bits per heavy atom. The van der Waals surface area contributed by atoms with Crippen molar-refractivity contribution in [2.45, 2.75) is 6.10 Å². The van der Waals surface area contributed by atoms with Crippen molar-refractivity contribution in [1.82, 2.24) is 14.9 Å². The fourth-order valence-electron chi connectivity index (χ4n) is 3.19. The minimum absolute atomic E-state index is 0.0223. The van der Waals surface area contributed by atoms with E-state index in [2.05, 4.69) is 15.3 Å². The number of nitrogen functional groups attached to an aromatic ring is 1. The molecule has 0 spiro atoms. The average Bonchev–Trinajstić information content (AvgIpc) is 2.79. The van der Waals surface area contributed by atoms with Crippen molar-refractivity contribution >= 4 is 17.5 Å². The number of benzene rings is 2. The first-order chi connectivity index (χ1) is 15.9. The first-order valence-corrected chi connectivity index (χ1v) is 10.3. The lowest BCUT2D eigenvalue weighted by Crippen LogP contribution is -2.40. The summed E-state index contributed by atoms with van der Waals surface area (Å²) in [6, 6.07) is 11.3. The van der Waals surface area contributed by atoms with Crippen molar-refractivity contribution in [1.29, 1.82) is 0 Å². The SMILES string of the molecule is CN(C)CCOc1cc(-c2ccnc(N)n2)c(F)cc1NC(=O)[C@@H]1COc2ccccc2O1. The minimum Gasteiger partial charge on any atom is -0.490 e. The molecule has 3 N–H and O–H groups in total. The van der Waals surface area contributed by atoms with Gasteiger partial charge in [-0.2, -0.15) is 0 Å². The van der Waals surface area contributed by atoms with Crippen LogP contribution in [0.4, 0.5) is 16.0 Å². The van der Waals surface area contributed by atoms with Gasteiger partial charge < -0.3 is 30.2 Å². The number of fused-ring (bicyclic) bond motifs is 1. The fraction of sp³-hybridized carbons (Fsp3) is 0.261. The number of nitrogens with two attached hydrogens (primary N) is 1. The van der Waals surface area contributed by atoms with E-state index in [1.165, 1.54) is 18.3 Å². The number of rotatable bonds is 7. The number of anilines is 2. The van der Waals surface area contributed by atoms with E-state index < -0.39 is 17.8 Å². The van der Waals surface area contributed by atoms with Crippen LogP contribution in [0.25, 0.3) is 11.3 Å². The van der Waals surface area contributed by atoms with Crippen LogP contribution in [0.15, 0.2) is 48.7 Å². The highest BCUT2D eigenvalue weighted by Crippen LogP contribution is 2.35. The van der Waals surface area contributed by atoms with E-state index in [4.69, 9.17) is 19.9 Å². The standard InChI is InChI=1S/C23H24FN5O4/c1-29(2)9-10-31-20-11-14(16-7-8-26-23(25)28-16)15(24)12-17(20)27-22(30)21-13-32-18-5-3-4-6-19(18)33-21/h3-8,11-12,21H,9-10,13H2,1-2H3,(H,27,30)(H2,25,26,28)/t21-/m0/s1. The van der Waals surface area contributed by atoms with Crippen molar-refractivity contribution in [3.8, 4) is 28.5 Å². The van der Waals surface area contributed by atoms with Gasteiger partial charge in [-0.1, -0.05) is 12.1 Å². The van der Waals surface area contributed by atoms with Gasteiger partial charge in [-0.05, 0) is 38.4 Å². The third-order valence-corrected chi connectivity index (χ3v) is 4.87. The molecule has 33 heavy (non-hydrogen) atoms. The van der Waals surface area contributed by atoms with E-state index in [1.54, 1.807) is 24.3 Å². The zero-order valence-electron chi connectivity index (χ0n) is 18.2. The van der Waals surface area contributed by atoms with Gasteiger partial charge in [0.05, 0.1) is 11.4 Å². The molecule has 0 bridgehead atoms. The molecule has 1 aromatic heterocycles. The van der Waals surface area contributed by atoms with Crippen molar-refractivity contribution in [3.63, 3.8) is 0 Å². The summed E-state index contributed by atoms with van der Waals surface area (Å²) in [6.45, 7) is 0.973. The number of nitrogens with one attached hydrogen (secondary N) is 1. The monoisotopic (exact) mass is 453 g/mol. The van der Waals surface area contributed by atoms with Crippen molar-refractivity contribution < 1.29 is 23.4 Å². The van der Waals surface area contributed by atoms with Crippen LogP contribution in [0.5, 0.6) is 17.2 Å². The normalized spacial score (nSPS) is 14.7. The number of carbonyl (C=O) groups excluding carboxylic acids is 1. The van der Waals surface area contributed by atoms with Crippen LogP contribution < -0.4 is 25.3 Å². The zero-order valence-corrected chi connectivity index (χ0v) is 18.2. The Labute approximate surface area is 190 Å². The highest BCUT2D eigenvalue weighted by Gasteiger charge is 2.28. The van der Waals surface area contributed by atoms with Gasteiger partial charge in [0.1, 0.15) is 24.8 Å². The number of hydrogen-bond acceptors (Lipinski definition) is 8. The largest absolute Gasteiger partial charge is 0.490 e. The Kier molecular flexibility index (Phi) is 6.55. The molecular weight excluding hydrogens is 429 g/mol. The highest BCUT2D eigenvalue weighted by atomic mass is 19.1. The number of likely N-dealkylation sites (N-methyl/N-ethyl adjacent to an activating group) is 1. The summed E-state index contributed by atoms with van der Waals surface area (Å²) >= 11 is 0. The summed E-state index contributed by atoms with van der Waals surface area (Å²) in [5.41, 5.74) is 6.29. The molecule has 0 fully saturated rings. The number of amides is 1. The summed E-state index contributed by atoms with van der Waals surface area (Å²) in [7, 11) is 3.81. The third-order valence-electron chi connectivity index (χ3n) is 4.87. The highest BCUT2D eigenvalue weighted by molar-refractivity contribution is 5.96. The molecule has 0 radical (unpaired) electrons. The van der Waals surface area contributed by atoms with Gasteiger partial charge in [0.15, 0.2) is 11.5 Å². The number of nitrogens with zero attached hydrogens (tertiary/aromatic N) is 3. The maximum absolute atomic E-state index is 15.0. The summed E-state index contributed by atoms with van der Waals surface area (Å²) < 4.78 is 32.2. The Bertz CT molecular complexity index is 1160. The molecule has 1 amide bonds. The molecule has 0 unspecified atom stereocenters. The Morgan fingerprint density at radius 2 is 2.06 bits per heavy atom. The molecule has 2 aromatic carbocycles. The van der Waals surface area contributed by atoms with Crippen LogP contribution in [0, 0.1) is 5.82 Å². The number of carbonyl (C=O) groups is 1. The van der Waals surface area contributed by atoms with Crippen LogP contribution in [0.2, 0.25) is 0 Å². The second kappa shape index (κ2) is 9.70. The Hall–Kier alpha value is -3.92. The summed E-state index contributed by atoms with van der Waals surface area (Å²) in [5, 5.41) is 2.70. The number of para-hydroxylation sites is 2. The van der Waals surface area contributed by atoms with E-state index in [0.717, 1.165) is 0 Å². The van der Waals surface area contributed by atoms with E-state index in [9.17, 15) is 4.79 Å². The van der Waals surface area contributed by atoms with Crippen molar-refractivity contribution in [2.24, 2.45) is 0 Å². The quantitative estimate of drug-likeness (QED) is 0.562. The molecule has 3 aromatic rings. The summed E-state index contributed by atoms with van der Waals surface area (Å²) in [4.78, 5) is 22.7. The van der Waals surface area contributed by atoms with E-state index in [0.29, 0.717) is 30.3 Å². The van der Waals surface area contributed by atoms with Gasteiger partial charge in [0.2, 0.25) is 12.1 Å². The maximum Gasteiger partial charge on any atom is 0.269 e. The Balaban J connectivity index is 1.59. The molecule has 9 nitrogen and oxygen atoms in total. The van der Waals surface area contributed by atoms with Crippen LogP contribution in [-0.4, -0.2) is 60.7 Å². The molecule has 172 valence electrons. The number of hydrogen-bond donors (Lipinski definition) is 2. The molecule has 1 atom stereocenters. The van der Waals surface area contributed by atoms with Crippen LogP contribution in [0.3, 0.4) is 0 Å². The van der Waals surface area contributed by atoms with Crippen molar-refractivity contribution in [2.75, 3.05) is 44.9 Å². The predicted octanol–water partition coefficient (Wildman–Crippen LogP) is 2.58. The lowest BCUT2D eigenvalue weighted by atomic mass is 10.1. The number of ether oxygens (including phenoxy) is 3. The second-order valence-electron chi connectivity index (χ2n) is 7.63. The molecule has 1 aliphatic rings. The molecule has 0 saturated carbocycles. The molecule has 10 heteroatoms. The zero-order chi connectivity index (χ0) is 23.4. The molecule has 0 saturated heterocycles. The number of aromatic nitrogens is 2. The molecule has 1 aliphatic heterocycles. The topological polar surface area (TPSA) is 112 Å². The second-order valence-corrected chi connectivity index (χ2v) is 7.63. The van der Waals surface area contributed by atoms with Gasteiger partial charge in [-0.15, -0.1) is 0 Å². The predicted molar refractivity (Wildman–Crippen MR) is 121 cm³/mol. The van der Waals surface area contributed by atoms with Gasteiger partial charge in [-0.3, -0.25) is 4.79 Å². The fourth-order valence-corrected chi connectivity index (χ4v) is 3.19. The smallest absolute Gasteiger partial charge is 0.269 e. The van der Waals surface area contributed by atoms with Gasteiger partial charge in [0.25, 0.3) is 5.91 Å². The van der Waals surface area contributed by atoms with Gasteiger partial charge in [-0.25, -0.2) is 14.4 Å². The summed E-state index contributed by atoms with van der Waals surface area (Å²) in [5.74, 6) is 0.253. The lowest BCUT2D eigenvalue weighted by molar-refractivity contribution is -0.125. The van der Waals surface area contributed by atoms with E-state index >= 15 is 4.39 Å². The summed E-state index contributed by atoms with van der Waals surface area (Å²) in [6.07, 6.45) is 0.538. The van der Waals surface area contributed by atoms with Crippen LogP contribution in [0.1, 0.15) is 0 Å². The Morgan fingerprint density at radius 3 is 2.82 bits per heavy atom. The van der Waals surface area contributed by atoms with E-state index in [1.807, 2.05) is 25.1 Å². The van der Waals surface area contributed by atoms with Crippen LogP contribution in [-0.2, 0) is 4.79 Å².